The quantitative estimate of drug-likeness (QED) is 0.566. The maximum atomic E-state index is 13.9. The third kappa shape index (κ3) is 4.08. The molecule has 2 aromatic carbocycles. The van der Waals surface area contributed by atoms with Crippen LogP contribution in [0.1, 0.15) is 22.3 Å². The van der Waals surface area contributed by atoms with Crippen molar-refractivity contribution < 1.29 is 34.8 Å². The number of sulfone groups is 1. The summed E-state index contributed by atoms with van der Waals surface area (Å²) in [7, 11) is -4.81. The van der Waals surface area contributed by atoms with Crippen LogP contribution in [0.4, 0.5) is 26.3 Å². The first-order valence-electron chi connectivity index (χ1n) is 7.35. The lowest BCUT2D eigenvalue weighted by Crippen LogP contribution is -2.08. The molecular weight excluding hydrogens is 394 g/mol. The smallest absolute Gasteiger partial charge is 0.218 e. The molecule has 0 bridgehead atoms. The second-order valence-electron chi connectivity index (χ2n) is 5.65. The van der Waals surface area contributed by atoms with Crippen molar-refractivity contribution in [3.63, 3.8) is 0 Å². The molecule has 9 heteroatoms. The largest absolute Gasteiger partial charge is 0.306 e. The summed E-state index contributed by atoms with van der Waals surface area (Å²) in [5.74, 6) is -4.14. The maximum absolute atomic E-state index is 13.9. The molecule has 2 aromatic rings. The van der Waals surface area contributed by atoms with Gasteiger partial charge in [-0.2, -0.15) is 17.6 Å². The summed E-state index contributed by atoms with van der Waals surface area (Å²) >= 11 is 0. The van der Waals surface area contributed by atoms with E-state index in [9.17, 15) is 34.8 Å². The Bertz CT molecular complexity index is 984. The summed E-state index contributed by atoms with van der Waals surface area (Å²) in [6, 6.07) is 5.90. The van der Waals surface area contributed by atoms with E-state index < -0.39 is 54.6 Å². The first kappa shape index (κ1) is 20.8. The van der Waals surface area contributed by atoms with Gasteiger partial charge in [0.1, 0.15) is 0 Å². The fourth-order valence-corrected chi connectivity index (χ4v) is 4.03. The van der Waals surface area contributed by atoms with Crippen LogP contribution in [0.25, 0.3) is 11.7 Å². The van der Waals surface area contributed by atoms with E-state index in [0.29, 0.717) is 0 Å². The summed E-state index contributed by atoms with van der Waals surface area (Å²) in [5.41, 5.74) is -1.31. The summed E-state index contributed by atoms with van der Waals surface area (Å²) in [4.78, 5) is -1.79. The van der Waals surface area contributed by atoms with Crippen LogP contribution in [0, 0.1) is 13.8 Å². The average Bonchev–Trinajstić information content (AvgIpc) is 2.59. The molecule has 2 nitrogen and oxygen atoms in total. The van der Waals surface area contributed by atoms with Gasteiger partial charge in [-0.05, 0) is 38.1 Å². The SMILES string of the molecule is Cc1ccc(S(=O)(=O)c2ccc(C)cc2C(F)=C(F)F)c(C(F)=C(F)F)c1. The van der Waals surface area contributed by atoms with Crippen LogP contribution in [0.15, 0.2) is 58.4 Å². The molecule has 0 atom stereocenters. The van der Waals surface area contributed by atoms with Crippen LogP contribution >= 0.6 is 0 Å². The topological polar surface area (TPSA) is 34.1 Å². The van der Waals surface area contributed by atoms with Crippen molar-refractivity contribution in [1.82, 2.24) is 0 Å². The van der Waals surface area contributed by atoms with Gasteiger partial charge in [-0.25, -0.2) is 17.2 Å². The standard InChI is InChI=1S/C18H12F6O2S/c1-9-3-5-13(11(7-9)15(19)17(21)22)27(25,26)14-6-4-10(2)8-12(14)16(20)18(23)24/h3-8H,1-2H3. The van der Waals surface area contributed by atoms with Gasteiger partial charge in [0.15, 0.2) is 11.7 Å². The van der Waals surface area contributed by atoms with E-state index >= 15 is 0 Å². The van der Waals surface area contributed by atoms with Gasteiger partial charge in [-0.1, -0.05) is 23.3 Å². The van der Waals surface area contributed by atoms with Crippen molar-refractivity contribution in [3.05, 3.63) is 70.8 Å². The Morgan fingerprint density at radius 3 is 1.30 bits per heavy atom. The second kappa shape index (κ2) is 7.59. The minimum atomic E-state index is -4.81. The molecule has 0 saturated heterocycles. The Hall–Kier alpha value is -2.55. The molecule has 144 valence electrons. The van der Waals surface area contributed by atoms with Gasteiger partial charge in [0.25, 0.3) is 0 Å². The zero-order valence-electron chi connectivity index (χ0n) is 14.0. The zero-order valence-corrected chi connectivity index (χ0v) is 14.8. The lowest BCUT2D eigenvalue weighted by molar-refractivity contribution is 0.409. The number of aryl methyl sites for hydroxylation is 2. The van der Waals surface area contributed by atoms with Crippen molar-refractivity contribution in [2.45, 2.75) is 23.6 Å². The third-order valence-corrected chi connectivity index (χ3v) is 5.52. The van der Waals surface area contributed by atoms with Crippen LogP contribution in [0.5, 0.6) is 0 Å². The van der Waals surface area contributed by atoms with Gasteiger partial charge < -0.3 is 0 Å². The highest BCUT2D eigenvalue weighted by molar-refractivity contribution is 7.91. The zero-order chi connectivity index (χ0) is 20.5. The molecule has 0 spiro atoms. The Labute approximate surface area is 151 Å². The van der Waals surface area contributed by atoms with E-state index in [1.807, 2.05) is 0 Å². The summed E-state index contributed by atoms with van der Waals surface area (Å²) in [6.07, 6.45) is -5.50. The highest BCUT2D eigenvalue weighted by atomic mass is 32.2. The van der Waals surface area contributed by atoms with Crippen molar-refractivity contribution in [2.24, 2.45) is 0 Å². The van der Waals surface area contributed by atoms with Crippen LogP contribution in [0.2, 0.25) is 0 Å². The van der Waals surface area contributed by atoms with Gasteiger partial charge in [0, 0.05) is 11.1 Å². The Morgan fingerprint density at radius 2 is 1.00 bits per heavy atom. The predicted octanol–water partition coefficient (Wildman–Crippen LogP) is 6.21. The normalized spacial score (nSPS) is 11.3. The first-order valence-corrected chi connectivity index (χ1v) is 8.83. The van der Waals surface area contributed by atoms with Crippen molar-refractivity contribution >= 4 is 21.5 Å². The lowest BCUT2D eigenvalue weighted by atomic mass is 10.1. The van der Waals surface area contributed by atoms with Crippen LogP contribution in [0.3, 0.4) is 0 Å². The Kier molecular flexibility index (Phi) is 5.84. The van der Waals surface area contributed by atoms with E-state index in [1.54, 1.807) is 0 Å². The highest BCUT2D eigenvalue weighted by Crippen LogP contribution is 2.36. The van der Waals surface area contributed by atoms with E-state index in [1.165, 1.54) is 26.0 Å². The van der Waals surface area contributed by atoms with Crippen LogP contribution in [-0.2, 0) is 9.84 Å². The van der Waals surface area contributed by atoms with Crippen LogP contribution in [-0.4, -0.2) is 8.42 Å². The molecule has 0 amide bonds. The molecule has 0 aliphatic carbocycles. The summed E-state index contributed by atoms with van der Waals surface area (Å²) in [6.45, 7) is 2.84. The minimum Gasteiger partial charge on any atom is -0.218 e. The fraction of sp³-hybridized carbons (Fsp3) is 0.111. The first-order chi connectivity index (χ1) is 12.5. The summed E-state index contributed by atoms with van der Waals surface area (Å²) in [5, 5.41) is 0. The van der Waals surface area contributed by atoms with Gasteiger partial charge in [-0.3, -0.25) is 0 Å². The molecule has 0 N–H and O–H groups in total. The maximum Gasteiger partial charge on any atom is 0.306 e. The molecule has 0 unspecified atom stereocenters. The minimum absolute atomic E-state index is 0.283. The number of hydrogen-bond acceptors (Lipinski definition) is 2. The number of hydrogen-bond donors (Lipinski definition) is 0. The highest BCUT2D eigenvalue weighted by Gasteiger charge is 2.29. The molecule has 0 saturated carbocycles. The van der Waals surface area contributed by atoms with E-state index in [2.05, 4.69) is 0 Å². The Balaban J connectivity index is 2.88. The Morgan fingerprint density at radius 1 is 0.667 bits per heavy atom. The predicted molar refractivity (Wildman–Crippen MR) is 88.3 cm³/mol. The van der Waals surface area contributed by atoms with Gasteiger partial charge in [0.2, 0.25) is 9.84 Å². The third-order valence-electron chi connectivity index (χ3n) is 3.65. The van der Waals surface area contributed by atoms with Gasteiger partial charge in [-0.15, -0.1) is 0 Å². The van der Waals surface area contributed by atoms with Crippen molar-refractivity contribution in [2.75, 3.05) is 0 Å². The molecule has 0 fully saturated rings. The van der Waals surface area contributed by atoms with Gasteiger partial charge >= 0.3 is 12.2 Å². The molecule has 0 aliphatic heterocycles. The molecule has 0 radical (unpaired) electrons. The molecule has 27 heavy (non-hydrogen) atoms. The van der Waals surface area contributed by atoms with E-state index in [4.69, 9.17) is 0 Å². The molecule has 2 rings (SSSR count). The molecule has 0 heterocycles. The molecular formula is C18H12F6O2S. The lowest BCUT2D eigenvalue weighted by Gasteiger charge is -2.13. The van der Waals surface area contributed by atoms with Crippen LogP contribution < -0.4 is 0 Å². The number of benzene rings is 2. The molecule has 0 aromatic heterocycles. The molecule has 0 aliphatic rings. The summed E-state index contributed by atoms with van der Waals surface area (Å²) < 4.78 is 104. The van der Waals surface area contributed by atoms with Crippen molar-refractivity contribution in [3.8, 4) is 0 Å². The van der Waals surface area contributed by atoms with E-state index in [0.717, 1.165) is 24.3 Å². The second-order valence-corrected chi connectivity index (χ2v) is 7.54. The average molecular weight is 406 g/mol. The monoisotopic (exact) mass is 406 g/mol. The fourth-order valence-electron chi connectivity index (χ4n) is 2.42. The van der Waals surface area contributed by atoms with Crippen molar-refractivity contribution in [1.29, 1.82) is 0 Å². The van der Waals surface area contributed by atoms with E-state index in [-0.39, 0.29) is 11.1 Å². The number of rotatable bonds is 4. The number of halogens is 6. The van der Waals surface area contributed by atoms with Gasteiger partial charge in [0.05, 0.1) is 9.79 Å².